The number of nitriles is 1. The van der Waals surface area contributed by atoms with Crippen LogP contribution in [-0.2, 0) is 6.54 Å². The summed E-state index contributed by atoms with van der Waals surface area (Å²) in [5.74, 6) is 0.854. The van der Waals surface area contributed by atoms with Gasteiger partial charge in [0.1, 0.15) is 17.6 Å². The summed E-state index contributed by atoms with van der Waals surface area (Å²) in [7, 11) is 0. The quantitative estimate of drug-likeness (QED) is 0.702. The van der Waals surface area contributed by atoms with E-state index in [-0.39, 0.29) is 11.6 Å². The molecule has 1 amide bonds. The molecule has 5 heterocycles. The lowest BCUT2D eigenvalue weighted by atomic mass is 10.3. The molecule has 1 saturated heterocycles. The summed E-state index contributed by atoms with van der Waals surface area (Å²) in [6, 6.07) is 9.31. The van der Waals surface area contributed by atoms with Crippen LogP contribution in [0.25, 0.3) is 5.69 Å². The average molecular weight is 371 g/mol. The number of carbonyl (C=O) groups excluding carboxylic acids is 1. The monoisotopic (exact) mass is 371 g/mol. The number of hydrogen-bond donors (Lipinski definition) is 0. The van der Waals surface area contributed by atoms with Gasteiger partial charge in [0.05, 0.1) is 29.7 Å². The van der Waals surface area contributed by atoms with Gasteiger partial charge in [0.2, 0.25) is 0 Å². The zero-order valence-corrected chi connectivity index (χ0v) is 15.1. The number of aromatic nitrogens is 4. The molecule has 0 aliphatic carbocycles. The van der Waals surface area contributed by atoms with Gasteiger partial charge < -0.3 is 9.80 Å². The zero-order valence-electron chi connectivity index (χ0n) is 15.1. The molecular weight excluding hydrogens is 354 g/mol. The number of amides is 1. The topological polar surface area (TPSA) is 90.9 Å². The highest BCUT2D eigenvalue weighted by molar-refractivity contribution is 6.09. The molecule has 8 heteroatoms. The molecule has 0 bridgehead atoms. The lowest BCUT2D eigenvalue weighted by molar-refractivity contribution is 0.0996. The maximum absolute atomic E-state index is 12.8. The van der Waals surface area contributed by atoms with Gasteiger partial charge in [0, 0.05) is 31.2 Å². The van der Waals surface area contributed by atoms with Crippen molar-refractivity contribution in [2.45, 2.75) is 19.4 Å². The standard InChI is InChI=1S/C20H17N7O/c21-10-14-9-15(5-6-22-14)26-13-18-17(20(26)28)12-27(24-18)16-3-4-19(23-11-16)25-7-1-2-8-25/h3-6,9,11-12H,1-2,7-8,13H2. The summed E-state index contributed by atoms with van der Waals surface area (Å²) >= 11 is 0. The first-order valence-corrected chi connectivity index (χ1v) is 9.21. The van der Waals surface area contributed by atoms with Gasteiger partial charge in [-0.2, -0.15) is 10.4 Å². The molecule has 2 aliphatic rings. The highest BCUT2D eigenvalue weighted by atomic mass is 16.2. The van der Waals surface area contributed by atoms with Crippen molar-refractivity contribution < 1.29 is 4.79 Å². The number of pyridine rings is 2. The van der Waals surface area contributed by atoms with Crippen molar-refractivity contribution in [1.82, 2.24) is 19.7 Å². The summed E-state index contributed by atoms with van der Waals surface area (Å²) in [6.07, 6.45) is 7.49. The van der Waals surface area contributed by atoms with E-state index in [2.05, 4.69) is 20.0 Å². The first-order chi connectivity index (χ1) is 13.7. The van der Waals surface area contributed by atoms with Crippen LogP contribution in [-0.4, -0.2) is 38.7 Å². The summed E-state index contributed by atoms with van der Waals surface area (Å²) in [5.41, 5.74) is 3.04. The van der Waals surface area contributed by atoms with E-state index in [9.17, 15) is 4.79 Å². The Balaban J connectivity index is 1.39. The van der Waals surface area contributed by atoms with Crippen molar-refractivity contribution in [3.05, 3.63) is 59.8 Å². The highest BCUT2D eigenvalue weighted by Crippen LogP contribution is 2.28. The van der Waals surface area contributed by atoms with Crippen LogP contribution in [0, 0.1) is 11.3 Å². The second kappa shape index (κ2) is 6.46. The third-order valence-electron chi connectivity index (χ3n) is 5.17. The van der Waals surface area contributed by atoms with Crippen LogP contribution in [0.5, 0.6) is 0 Å². The SMILES string of the molecule is N#Cc1cc(N2Cc3nn(-c4ccc(N5CCCC5)nc4)cc3C2=O)ccn1. The molecule has 0 aromatic carbocycles. The van der Waals surface area contributed by atoms with E-state index in [0.717, 1.165) is 24.6 Å². The van der Waals surface area contributed by atoms with Crippen molar-refractivity contribution in [2.24, 2.45) is 0 Å². The first kappa shape index (κ1) is 16.4. The minimum Gasteiger partial charge on any atom is -0.357 e. The molecule has 3 aromatic heterocycles. The molecule has 0 N–H and O–H groups in total. The Morgan fingerprint density at radius 3 is 2.64 bits per heavy atom. The number of rotatable bonds is 3. The molecule has 5 rings (SSSR count). The van der Waals surface area contributed by atoms with Gasteiger partial charge in [-0.3, -0.25) is 4.79 Å². The second-order valence-corrected chi connectivity index (χ2v) is 6.91. The van der Waals surface area contributed by atoms with Crippen molar-refractivity contribution in [3.8, 4) is 11.8 Å². The first-order valence-electron chi connectivity index (χ1n) is 9.21. The Labute approximate surface area is 161 Å². The van der Waals surface area contributed by atoms with E-state index in [4.69, 9.17) is 5.26 Å². The minimum absolute atomic E-state index is 0.127. The van der Waals surface area contributed by atoms with Gasteiger partial charge in [-0.25, -0.2) is 14.6 Å². The summed E-state index contributed by atoms with van der Waals surface area (Å²) < 4.78 is 1.70. The second-order valence-electron chi connectivity index (χ2n) is 6.91. The van der Waals surface area contributed by atoms with Crippen LogP contribution in [0.15, 0.2) is 42.9 Å². The van der Waals surface area contributed by atoms with E-state index < -0.39 is 0 Å². The van der Waals surface area contributed by atoms with Gasteiger partial charge >= 0.3 is 0 Å². The third-order valence-corrected chi connectivity index (χ3v) is 5.17. The molecule has 138 valence electrons. The number of anilines is 2. The predicted molar refractivity (Wildman–Crippen MR) is 102 cm³/mol. The van der Waals surface area contributed by atoms with Crippen LogP contribution in [0.1, 0.15) is 34.6 Å². The molecule has 0 atom stereocenters. The van der Waals surface area contributed by atoms with Crippen molar-refractivity contribution in [1.29, 1.82) is 5.26 Å². The van der Waals surface area contributed by atoms with Gasteiger partial charge in [-0.15, -0.1) is 0 Å². The molecule has 0 unspecified atom stereocenters. The zero-order chi connectivity index (χ0) is 19.1. The fourth-order valence-electron chi connectivity index (χ4n) is 3.71. The van der Waals surface area contributed by atoms with Crippen molar-refractivity contribution in [2.75, 3.05) is 22.9 Å². The maximum Gasteiger partial charge on any atom is 0.262 e. The molecule has 0 spiro atoms. The largest absolute Gasteiger partial charge is 0.357 e. The van der Waals surface area contributed by atoms with Crippen molar-refractivity contribution in [3.63, 3.8) is 0 Å². The summed E-state index contributed by atoms with van der Waals surface area (Å²) in [4.78, 5) is 25.2. The third kappa shape index (κ3) is 2.68. The van der Waals surface area contributed by atoms with Gasteiger partial charge in [-0.1, -0.05) is 0 Å². The lowest BCUT2D eigenvalue weighted by Gasteiger charge is -2.17. The fourth-order valence-corrected chi connectivity index (χ4v) is 3.71. The van der Waals surface area contributed by atoms with Gasteiger partial charge in [0.25, 0.3) is 5.91 Å². The molecule has 2 aliphatic heterocycles. The predicted octanol–water partition coefficient (Wildman–Crippen LogP) is 2.29. The van der Waals surface area contributed by atoms with E-state index in [1.807, 2.05) is 18.2 Å². The summed E-state index contributed by atoms with van der Waals surface area (Å²) in [6.45, 7) is 2.47. The Kier molecular flexibility index (Phi) is 3.79. The maximum atomic E-state index is 12.8. The van der Waals surface area contributed by atoms with Crippen LogP contribution in [0.4, 0.5) is 11.5 Å². The molecule has 0 saturated carbocycles. The fraction of sp³-hybridized carbons (Fsp3) is 0.250. The Bertz CT molecular complexity index is 1090. The lowest BCUT2D eigenvalue weighted by Crippen LogP contribution is -2.24. The van der Waals surface area contributed by atoms with E-state index in [1.165, 1.54) is 19.0 Å². The van der Waals surface area contributed by atoms with E-state index in [0.29, 0.717) is 23.5 Å². The average Bonchev–Trinajstić information content (AvgIpc) is 3.46. The number of hydrogen-bond acceptors (Lipinski definition) is 6. The Hall–Kier alpha value is -3.73. The molecule has 8 nitrogen and oxygen atoms in total. The Morgan fingerprint density at radius 2 is 1.93 bits per heavy atom. The van der Waals surface area contributed by atoms with Gasteiger partial charge in [-0.05, 0) is 37.1 Å². The normalized spacial score (nSPS) is 15.8. The summed E-state index contributed by atoms with van der Waals surface area (Å²) in [5, 5.41) is 13.6. The van der Waals surface area contributed by atoms with Crippen LogP contribution in [0.3, 0.4) is 0 Å². The minimum atomic E-state index is -0.127. The molecule has 1 fully saturated rings. The number of carbonyl (C=O) groups is 1. The molecule has 3 aromatic rings. The van der Waals surface area contributed by atoms with Crippen molar-refractivity contribution >= 4 is 17.4 Å². The van der Waals surface area contributed by atoms with E-state index >= 15 is 0 Å². The van der Waals surface area contributed by atoms with Gasteiger partial charge in [0.15, 0.2) is 0 Å². The number of fused-ring (bicyclic) bond motifs is 1. The highest BCUT2D eigenvalue weighted by Gasteiger charge is 2.32. The smallest absolute Gasteiger partial charge is 0.262 e. The number of nitrogens with zero attached hydrogens (tertiary/aromatic N) is 7. The molecule has 28 heavy (non-hydrogen) atoms. The van der Waals surface area contributed by atoms with E-state index in [1.54, 1.807) is 34.1 Å². The van der Waals surface area contributed by atoms with Crippen LogP contribution < -0.4 is 9.80 Å². The Morgan fingerprint density at radius 1 is 1.07 bits per heavy atom. The molecule has 0 radical (unpaired) electrons. The molecular formula is C20H17N7O. The van der Waals surface area contributed by atoms with Crippen LogP contribution in [0.2, 0.25) is 0 Å². The van der Waals surface area contributed by atoms with Crippen LogP contribution >= 0.6 is 0 Å².